The largest absolute Gasteiger partial charge is 0.456 e. The number of rotatable bonds is 4. The number of para-hydroxylation sites is 1. The fourth-order valence-corrected chi connectivity index (χ4v) is 11.4. The summed E-state index contributed by atoms with van der Waals surface area (Å²) in [6, 6.07) is 75.6. The average molecular weight is 779 g/mol. The van der Waals surface area contributed by atoms with Crippen LogP contribution in [0.3, 0.4) is 0 Å². The molecule has 0 spiro atoms. The van der Waals surface area contributed by atoms with Crippen molar-refractivity contribution in [3.63, 3.8) is 0 Å². The molecule has 0 aliphatic rings. The molecule has 0 aliphatic carbocycles. The van der Waals surface area contributed by atoms with E-state index in [1.54, 1.807) is 0 Å². The van der Waals surface area contributed by atoms with Crippen molar-refractivity contribution in [2.45, 2.75) is 0 Å². The van der Waals surface area contributed by atoms with Crippen LogP contribution in [0.2, 0.25) is 0 Å². The zero-order valence-electron chi connectivity index (χ0n) is 32.4. The third-order valence-corrected chi connectivity index (χ3v) is 13.9. The lowest BCUT2D eigenvalue weighted by Gasteiger charge is -2.19. The molecule has 0 N–H and O–H groups in total. The Balaban J connectivity index is 1.09. The summed E-state index contributed by atoms with van der Waals surface area (Å²) in [5.74, 6) is 0. The molecule has 0 radical (unpaired) electrons. The van der Waals surface area contributed by atoms with Gasteiger partial charge in [-0.05, 0) is 106 Å². The van der Waals surface area contributed by atoms with E-state index in [0.29, 0.717) is 0 Å². The molecule has 0 atom stereocenters. The van der Waals surface area contributed by atoms with Crippen LogP contribution in [-0.2, 0) is 0 Å². The zero-order chi connectivity index (χ0) is 39.3. The number of thiophene rings is 1. The van der Waals surface area contributed by atoms with Gasteiger partial charge in [-0.15, -0.1) is 11.3 Å². The van der Waals surface area contributed by atoms with Crippen molar-refractivity contribution >= 4 is 96.5 Å². The van der Waals surface area contributed by atoms with E-state index in [1.165, 1.54) is 102 Å². The minimum atomic E-state index is 0.909. The second kappa shape index (κ2) is 13.0. The summed E-state index contributed by atoms with van der Waals surface area (Å²) in [5, 5.41) is 14.9. The molecular formula is C58H34OS. The lowest BCUT2D eigenvalue weighted by Crippen LogP contribution is -1.91. The Kier molecular flexibility index (Phi) is 7.24. The van der Waals surface area contributed by atoms with Gasteiger partial charge in [0, 0.05) is 36.5 Å². The first-order valence-electron chi connectivity index (χ1n) is 20.6. The number of hydrogen-bond acceptors (Lipinski definition) is 2. The van der Waals surface area contributed by atoms with Crippen molar-refractivity contribution in [1.82, 2.24) is 0 Å². The number of benzene rings is 11. The van der Waals surface area contributed by atoms with Crippen molar-refractivity contribution in [3.8, 4) is 44.5 Å². The molecule has 2 heteroatoms. The van der Waals surface area contributed by atoms with E-state index in [-0.39, 0.29) is 0 Å². The molecule has 0 aliphatic heterocycles. The molecular weight excluding hydrogens is 745 g/mol. The van der Waals surface area contributed by atoms with Gasteiger partial charge in [-0.2, -0.15) is 0 Å². The van der Waals surface area contributed by atoms with Crippen LogP contribution < -0.4 is 0 Å². The van der Waals surface area contributed by atoms with E-state index in [9.17, 15) is 0 Å². The second-order valence-corrected chi connectivity index (χ2v) is 16.9. The van der Waals surface area contributed by atoms with Gasteiger partial charge in [0.25, 0.3) is 0 Å². The topological polar surface area (TPSA) is 13.1 Å². The van der Waals surface area contributed by atoms with Crippen molar-refractivity contribution in [2.24, 2.45) is 0 Å². The first-order chi connectivity index (χ1) is 29.8. The van der Waals surface area contributed by atoms with Gasteiger partial charge in [0.2, 0.25) is 0 Å². The number of fused-ring (bicyclic) bond motifs is 10. The predicted molar refractivity (Wildman–Crippen MR) is 258 cm³/mol. The second-order valence-electron chi connectivity index (χ2n) is 15.8. The van der Waals surface area contributed by atoms with Crippen LogP contribution in [0, 0.1) is 0 Å². The van der Waals surface area contributed by atoms with Gasteiger partial charge in [0.05, 0.1) is 0 Å². The normalized spacial score (nSPS) is 12.0. The number of hydrogen-bond donors (Lipinski definition) is 0. The van der Waals surface area contributed by atoms with Crippen LogP contribution in [0.15, 0.2) is 211 Å². The molecule has 0 saturated carbocycles. The van der Waals surface area contributed by atoms with Gasteiger partial charge in [-0.25, -0.2) is 0 Å². The van der Waals surface area contributed by atoms with Gasteiger partial charge >= 0.3 is 0 Å². The quantitative estimate of drug-likeness (QED) is 0.162. The Hall–Kier alpha value is -7.52. The molecule has 0 unspecified atom stereocenters. The monoisotopic (exact) mass is 778 g/mol. The third-order valence-electron chi connectivity index (χ3n) is 12.7. The Bertz CT molecular complexity index is 3770. The maximum atomic E-state index is 6.43. The lowest BCUT2D eigenvalue weighted by atomic mass is 9.84. The molecule has 2 aromatic heterocycles. The van der Waals surface area contributed by atoms with Crippen LogP contribution in [0.25, 0.3) is 130 Å². The summed E-state index contributed by atoms with van der Waals surface area (Å²) < 4.78 is 9.02. The standard InChI is InChI=1S/C58H34OS/c1-2-16-35(17-3-1)53-39-19-4-8-23-43(39)55(44-24-9-5-20-40(44)53)47-27-15-31-52-57(47)49-29-14-28-48(58(49)60-52)56-45-25-10-6-21-41(45)54(42-22-7-11-26-46(42)56)36-32-33-38-37-18-12-13-30-50(37)59-51(38)34-36/h1-34H. The maximum absolute atomic E-state index is 6.43. The van der Waals surface area contributed by atoms with Crippen LogP contribution in [0.4, 0.5) is 0 Å². The van der Waals surface area contributed by atoms with Crippen molar-refractivity contribution in [2.75, 3.05) is 0 Å². The van der Waals surface area contributed by atoms with E-state index >= 15 is 0 Å². The Labute approximate surface area is 350 Å². The molecule has 13 rings (SSSR count). The molecule has 0 saturated heterocycles. The first-order valence-corrected chi connectivity index (χ1v) is 21.4. The van der Waals surface area contributed by atoms with Crippen LogP contribution >= 0.6 is 11.3 Å². The van der Waals surface area contributed by atoms with Gasteiger partial charge in [-0.1, -0.05) is 182 Å². The highest BCUT2D eigenvalue weighted by Gasteiger charge is 2.23. The molecule has 11 aromatic carbocycles. The van der Waals surface area contributed by atoms with Crippen LogP contribution in [0.1, 0.15) is 0 Å². The van der Waals surface area contributed by atoms with Crippen molar-refractivity contribution < 1.29 is 4.42 Å². The third kappa shape index (κ3) is 4.80. The van der Waals surface area contributed by atoms with Crippen molar-refractivity contribution in [3.05, 3.63) is 206 Å². The SMILES string of the molecule is c1ccc(-c2c3ccccc3c(-c3cccc4sc5c(-c6c7ccccc7c(-c7ccc8c(c7)oc7ccccc78)c7ccccc67)cccc5c34)c3ccccc23)cc1. The Morgan fingerprint density at radius 1 is 0.283 bits per heavy atom. The minimum absolute atomic E-state index is 0.909. The Morgan fingerprint density at radius 3 is 1.35 bits per heavy atom. The maximum Gasteiger partial charge on any atom is 0.136 e. The fourth-order valence-electron chi connectivity index (χ4n) is 10.2. The highest BCUT2D eigenvalue weighted by molar-refractivity contribution is 7.26. The summed E-state index contributed by atoms with van der Waals surface area (Å²) in [7, 11) is 0. The Morgan fingerprint density at radius 2 is 0.733 bits per heavy atom. The smallest absolute Gasteiger partial charge is 0.136 e. The van der Waals surface area contributed by atoms with E-state index < -0.39 is 0 Å². The summed E-state index contributed by atoms with van der Waals surface area (Å²) in [5.41, 5.74) is 11.8. The van der Waals surface area contributed by atoms with Gasteiger partial charge in [0.1, 0.15) is 11.2 Å². The molecule has 0 bridgehead atoms. The predicted octanol–water partition coefficient (Wildman–Crippen LogP) is 17.2. The lowest BCUT2D eigenvalue weighted by molar-refractivity contribution is 0.669. The molecule has 1 nitrogen and oxygen atoms in total. The fraction of sp³-hybridized carbons (Fsp3) is 0. The zero-order valence-corrected chi connectivity index (χ0v) is 33.3. The van der Waals surface area contributed by atoms with Gasteiger partial charge < -0.3 is 4.42 Å². The average Bonchev–Trinajstić information content (AvgIpc) is 3.89. The van der Waals surface area contributed by atoms with Gasteiger partial charge in [0.15, 0.2) is 0 Å². The van der Waals surface area contributed by atoms with Gasteiger partial charge in [-0.3, -0.25) is 0 Å². The van der Waals surface area contributed by atoms with Crippen LogP contribution in [-0.4, -0.2) is 0 Å². The molecule has 0 amide bonds. The summed E-state index contributed by atoms with van der Waals surface area (Å²) in [4.78, 5) is 0. The molecule has 278 valence electrons. The highest BCUT2D eigenvalue weighted by Crippen LogP contribution is 2.51. The van der Waals surface area contributed by atoms with E-state index in [0.717, 1.165) is 27.5 Å². The highest BCUT2D eigenvalue weighted by atomic mass is 32.1. The first kappa shape index (κ1) is 33.5. The summed E-state index contributed by atoms with van der Waals surface area (Å²) in [6.45, 7) is 0. The van der Waals surface area contributed by atoms with E-state index in [2.05, 4.69) is 200 Å². The summed E-state index contributed by atoms with van der Waals surface area (Å²) >= 11 is 1.91. The van der Waals surface area contributed by atoms with Crippen molar-refractivity contribution in [1.29, 1.82) is 0 Å². The number of furan rings is 1. The molecule has 13 aromatic rings. The van der Waals surface area contributed by atoms with E-state index in [1.807, 2.05) is 17.4 Å². The van der Waals surface area contributed by atoms with Crippen LogP contribution in [0.5, 0.6) is 0 Å². The molecule has 0 fully saturated rings. The minimum Gasteiger partial charge on any atom is -0.456 e. The van der Waals surface area contributed by atoms with E-state index in [4.69, 9.17) is 4.42 Å². The molecule has 60 heavy (non-hydrogen) atoms. The summed E-state index contributed by atoms with van der Waals surface area (Å²) in [6.07, 6.45) is 0. The molecule has 2 heterocycles.